The zero-order valence-electron chi connectivity index (χ0n) is 12.8. The van der Waals surface area contributed by atoms with Crippen molar-refractivity contribution in [1.82, 2.24) is 9.62 Å². The Balaban J connectivity index is 1.87. The van der Waals surface area contributed by atoms with Gasteiger partial charge in [0.1, 0.15) is 5.76 Å². The zero-order valence-corrected chi connectivity index (χ0v) is 14.5. The Morgan fingerprint density at radius 3 is 2.81 bits per heavy atom. The van der Waals surface area contributed by atoms with Crippen LogP contribution in [0, 0.1) is 0 Å². The van der Waals surface area contributed by atoms with E-state index >= 15 is 0 Å². The first kappa shape index (κ1) is 16.9. The predicted octanol–water partition coefficient (Wildman–Crippen LogP) is 2.29. The summed E-state index contributed by atoms with van der Waals surface area (Å²) in [5.41, 5.74) is 0. The van der Waals surface area contributed by atoms with Gasteiger partial charge >= 0.3 is 0 Å². The Morgan fingerprint density at radius 2 is 2.14 bits per heavy atom. The molecule has 1 heterocycles. The van der Waals surface area contributed by atoms with Gasteiger partial charge in [-0.3, -0.25) is 0 Å². The third kappa shape index (κ3) is 4.25. The molecule has 0 amide bonds. The van der Waals surface area contributed by atoms with E-state index in [4.69, 9.17) is 4.42 Å². The molecule has 1 N–H and O–H groups in total. The largest absolute Gasteiger partial charge is 0.447 e. The number of nitrogens with one attached hydrogen (secondary N) is 1. The summed E-state index contributed by atoms with van der Waals surface area (Å²) in [7, 11) is -0.474. The summed E-state index contributed by atoms with van der Waals surface area (Å²) in [6.45, 7) is 2.78. The van der Waals surface area contributed by atoms with Gasteiger partial charge in [0, 0.05) is 25.4 Å². The first-order valence-electron chi connectivity index (χ1n) is 7.29. The standard InChI is InChI=1S/C14H24N2O3S2/c1-4-20-13-7-5-11(9-13)15-10-12-6-8-14(19-12)21(17,18)16(2)3/h6,8,11,13,15H,4-5,7,9-10H2,1-3H3. The molecule has 2 rings (SSSR count). The quantitative estimate of drug-likeness (QED) is 0.830. The van der Waals surface area contributed by atoms with Gasteiger partial charge in [0.15, 0.2) is 0 Å². The Kier molecular flexibility index (Phi) is 5.76. The summed E-state index contributed by atoms with van der Waals surface area (Å²) in [5, 5.41) is 4.23. The summed E-state index contributed by atoms with van der Waals surface area (Å²) in [6.07, 6.45) is 3.62. The summed E-state index contributed by atoms with van der Waals surface area (Å²) in [4.78, 5) is 0. The summed E-state index contributed by atoms with van der Waals surface area (Å²) < 4.78 is 30.5. The van der Waals surface area contributed by atoms with Gasteiger partial charge < -0.3 is 9.73 Å². The van der Waals surface area contributed by atoms with Crippen molar-refractivity contribution in [1.29, 1.82) is 0 Å². The number of rotatable bonds is 7. The van der Waals surface area contributed by atoms with E-state index in [0.29, 0.717) is 18.3 Å². The molecule has 1 aliphatic rings. The minimum Gasteiger partial charge on any atom is -0.447 e. The highest BCUT2D eigenvalue weighted by Crippen LogP contribution is 2.30. The molecule has 1 aliphatic carbocycles. The fourth-order valence-corrected chi connectivity index (χ4v) is 4.48. The van der Waals surface area contributed by atoms with E-state index in [1.807, 2.05) is 11.8 Å². The van der Waals surface area contributed by atoms with Crippen LogP contribution < -0.4 is 5.32 Å². The van der Waals surface area contributed by atoms with Crippen molar-refractivity contribution in [3.63, 3.8) is 0 Å². The van der Waals surface area contributed by atoms with Crippen molar-refractivity contribution in [2.75, 3.05) is 19.8 Å². The molecule has 5 nitrogen and oxygen atoms in total. The molecule has 120 valence electrons. The van der Waals surface area contributed by atoms with Crippen molar-refractivity contribution in [3.05, 3.63) is 17.9 Å². The summed E-state index contributed by atoms with van der Waals surface area (Å²) in [6, 6.07) is 3.76. The maximum atomic E-state index is 11.9. The average Bonchev–Trinajstić information content (AvgIpc) is 3.05. The van der Waals surface area contributed by atoms with Gasteiger partial charge in [0.2, 0.25) is 5.09 Å². The van der Waals surface area contributed by atoms with E-state index in [1.165, 1.54) is 45.2 Å². The van der Waals surface area contributed by atoms with E-state index < -0.39 is 10.0 Å². The number of nitrogens with zero attached hydrogens (tertiary/aromatic N) is 1. The van der Waals surface area contributed by atoms with Gasteiger partial charge in [-0.05, 0) is 37.1 Å². The van der Waals surface area contributed by atoms with Crippen molar-refractivity contribution in [3.8, 4) is 0 Å². The lowest BCUT2D eigenvalue weighted by molar-refractivity contribution is 0.378. The minimum absolute atomic E-state index is 0.00939. The molecular weight excluding hydrogens is 308 g/mol. The Morgan fingerprint density at radius 1 is 1.38 bits per heavy atom. The maximum Gasteiger partial charge on any atom is 0.275 e. The maximum absolute atomic E-state index is 11.9. The molecular formula is C14H24N2O3S2. The molecule has 1 aromatic heterocycles. The lowest BCUT2D eigenvalue weighted by Gasteiger charge is -2.12. The van der Waals surface area contributed by atoms with Crippen LogP contribution in [0.4, 0.5) is 0 Å². The second-order valence-electron chi connectivity index (χ2n) is 5.48. The average molecular weight is 332 g/mol. The zero-order chi connectivity index (χ0) is 15.5. The molecule has 0 aromatic carbocycles. The Labute approximate surface area is 131 Å². The molecule has 1 fully saturated rings. The van der Waals surface area contributed by atoms with Crippen LogP contribution in [-0.4, -0.2) is 43.9 Å². The van der Waals surface area contributed by atoms with Crippen molar-refractivity contribution < 1.29 is 12.8 Å². The van der Waals surface area contributed by atoms with Gasteiger partial charge in [0.05, 0.1) is 6.54 Å². The number of sulfonamides is 1. The topological polar surface area (TPSA) is 62.6 Å². The number of furan rings is 1. The normalized spacial score (nSPS) is 23.0. The lowest BCUT2D eigenvalue weighted by atomic mass is 10.2. The number of hydrogen-bond acceptors (Lipinski definition) is 5. The second-order valence-corrected chi connectivity index (χ2v) is 9.14. The first-order valence-corrected chi connectivity index (χ1v) is 9.78. The van der Waals surface area contributed by atoms with E-state index in [-0.39, 0.29) is 5.09 Å². The molecule has 2 unspecified atom stereocenters. The van der Waals surface area contributed by atoms with Gasteiger partial charge in [-0.2, -0.15) is 11.8 Å². The van der Waals surface area contributed by atoms with Gasteiger partial charge in [-0.15, -0.1) is 0 Å². The van der Waals surface area contributed by atoms with Crippen LogP contribution in [0.5, 0.6) is 0 Å². The highest BCUT2D eigenvalue weighted by molar-refractivity contribution is 7.99. The molecule has 0 spiro atoms. The number of hydrogen-bond donors (Lipinski definition) is 1. The van der Waals surface area contributed by atoms with E-state index in [9.17, 15) is 8.42 Å². The van der Waals surface area contributed by atoms with Crippen LogP contribution in [0.3, 0.4) is 0 Å². The van der Waals surface area contributed by atoms with Crippen LogP contribution in [0.2, 0.25) is 0 Å². The molecule has 1 aromatic rings. The third-order valence-electron chi connectivity index (χ3n) is 3.72. The van der Waals surface area contributed by atoms with Crippen molar-refractivity contribution in [2.24, 2.45) is 0 Å². The molecule has 0 radical (unpaired) electrons. The molecule has 1 saturated carbocycles. The predicted molar refractivity (Wildman–Crippen MR) is 86.0 cm³/mol. The Hall–Kier alpha value is -0.500. The Bertz CT molecular complexity index is 554. The summed E-state index contributed by atoms with van der Waals surface area (Å²) in [5.74, 6) is 1.84. The SMILES string of the molecule is CCSC1CCC(NCc2ccc(S(=O)(=O)N(C)C)o2)C1. The fourth-order valence-electron chi connectivity index (χ4n) is 2.53. The summed E-state index contributed by atoms with van der Waals surface area (Å²) >= 11 is 2.03. The van der Waals surface area contributed by atoms with E-state index in [2.05, 4.69) is 12.2 Å². The molecule has 21 heavy (non-hydrogen) atoms. The minimum atomic E-state index is -3.47. The van der Waals surface area contributed by atoms with Gasteiger partial charge in [-0.1, -0.05) is 6.92 Å². The van der Waals surface area contributed by atoms with Crippen LogP contribution in [-0.2, 0) is 16.6 Å². The highest BCUT2D eigenvalue weighted by atomic mass is 32.2. The molecule has 0 aliphatic heterocycles. The van der Waals surface area contributed by atoms with Crippen LogP contribution in [0.1, 0.15) is 31.9 Å². The third-order valence-corrected chi connectivity index (χ3v) is 6.65. The lowest BCUT2D eigenvalue weighted by Crippen LogP contribution is -2.26. The van der Waals surface area contributed by atoms with E-state index in [1.54, 1.807) is 6.07 Å². The highest BCUT2D eigenvalue weighted by Gasteiger charge is 2.25. The van der Waals surface area contributed by atoms with E-state index in [0.717, 1.165) is 9.56 Å². The second kappa shape index (κ2) is 7.17. The first-order chi connectivity index (χ1) is 9.93. The molecule has 0 saturated heterocycles. The van der Waals surface area contributed by atoms with Gasteiger partial charge in [-0.25, -0.2) is 12.7 Å². The van der Waals surface area contributed by atoms with Crippen LogP contribution >= 0.6 is 11.8 Å². The van der Waals surface area contributed by atoms with Gasteiger partial charge in [0.25, 0.3) is 10.0 Å². The molecule has 7 heteroatoms. The van der Waals surface area contributed by atoms with Crippen molar-refractivity contribution in [2.45, 2.75) is 49.1 Å². The van der Waals surface area contributed by atoms with Crippen molar-refractivity contribution >= 4 is 21.8 Å². The smallest absolute Gasteiger partial charge is 0.275 e. The molecule has 2 atom stereocenters. The number of thioether (sulfide) groups is 1. The fraction of sp³-hybridized carbons (Fsp3) is 0.714. The monoisotopic (exact) mass is 332 g/mol. The van der Waals surface area contributed by atoms with Crippen LogP contribution in [0.25, 0.3) is 0 Å². The molecule has 0 bridgehead atoms. The van der Waals surface area contributed by atoms with Crippen LogP contribution in [0.15, 0.2) is 21.6 Å².